The second-order valence-corrected chi connectivity index (χ2v) is 5.66. The number of amides is 1. The summed E-state index contributed by atoms with van der Waals surface area (Å²) in [5.74, 6) is 0.929. The van der Waals surface area contributed by atoms with Crippen molar-refractivity contribution in [1.29, 1.82) is 0 Å². The van der Waals surface area contributed by atoms with E-state index in [1.54, 1.807) is 29.2 Å². The number of rotatable bonds is 4. The molecule has 22 heavy (non-hydrogen) atoms. The normalized spacial score (nSPS) is 20.0. The van der Waals surface area contributed by atoms with Gasteiger partial charge >= 0.3 is 0 Å². The van der Waals surface area contributed by atoms with Gasteiger partial charge in [0.1, 0.15) is 0 Å². The van der Waals surface area contributed by atoms with Gasteiger partial charge in [-0.25, -0.2) is 9.97 Å². The summed E-state index contributed by atoms with van der Waals surface area (Å²) >= 11 is 0. The summed E-state index contributed by atoms with van der Waals surface area (Å²) in [6.45, 7) is 0.682. The predicted octanol–water partition coefficient (Wildman–Crippen LogP) is 2.26. The lowest BCUT2D eigenvalue weighted by molar-refractivity contribution is 0.0948. The summed E-state index contributed by atoms with van der Waals surface area (Å²) in [5, 5.41) is 2.99. The van der Waals surface area contributed by atoms with Crippen LogP contribution in [0.4, 0.5) is 0 Å². The number of carbonyl (C=O) groups is 1. The first-order valence-corrected chi connectivity index (χ1v) is 7.44. The Morgan fingerprint density at radius 2 is 1.95 bits per heavy atom. The van der Waals surface area contributed by atoms with Crippen molar-refractivity contribution >= 4 is 11.6 Å². The van der Waals surface area contributed by atoms with E-state index in [4.69, 9.17) is 0 Å². The maximum atomic E-state index is 12.3. The van der Waals surface area contributed by atoms with Gasteiger partial charge in [0, 0.05) is 31.3 Å². The third kappa shape index (κ3) is 2.35. The summed E-state index contributed by atoms with van der Waals surface area (Å²) in [6.07, 6.45) is 8.00. The Balaban J connectivity index is 1.41. The Kier molecular flexibility index (Phi) is 3.11. The van der Waals surface area contributed by atoms with Gasteiger partial charge in [0.25, 0.3) is 5.91 Å². The zero-order valence-electron chi connectivity index (χ0n) is 12.0. The fourth-order valence-corrected chi connectivity index (χ4v) is 2.90. The Labute approximate surface area is 128 Å². The highest BCUT2D eigenvalue weighted by molar-refractivity contribution is 5.97. The van der Waals surface area contributed by atoms with Crippen molar-refractivity contribution in [1.82, 2.24) is 19.7 Å². The van der Waals surface area contributed by atoms with E-state index in [2.05, 4.69) is 39.6 Å². The van der Waals surface area contributed by atoms with Gasteiger partial charge in [-0.1, -0.05) is 30.3 Å². The summed E-state index contributed by atoms with van der Waals surface area (Å²) in [5.41, 5.74) is 2.33. The van der Waals surface area contributed by atoms with Gasteiger partial charge in [0.15, 0.2) is 11.3 Å². The molecule has 4 rings (SSSR count). The minimum absolute atomic E-state index is 0.157. The van der Waals surface area contributed by atoms with Crippen LogP contribution in [0.5, 0.6) is 0 Å². The van der Waals surface area contributed by atoms with Crippen LogP contribution in [0, 0.1) is 5.92 Å². The molecule has 2 aromatic heterocycles. The van der Waals surface area contributed by atoms with Crippen LogP contribution in [-0.2, 0) is 0 Å². The maximum absolute atomic E-state index is 12.3. The predicted molar refractivity (Wildman–Crippen MR) is 82.6 cm³/mol. The van der Waals surface area contributed by atoms with Gasteiger partial charge in [-0.15, -0.1) is 0 Å². The number of hydrogen-bond acceptors (Lipinski definition) is 3. The van der Waals surface area contributed by atoms with E-state index in [0.717, 1.165) is 6.42 Å². The van der Waals surface area contributed by atoms with Crippen LogP contribution >= 0.6 is 0 Å². The molecule has 110 valence electrons. The quantitative estimate of drug-likeness (QED) is 0.802. The monoisotopic (exact) mass is 292 g/mol. The van der Waals surface area contributed by atoms with Crippen molar-refractivity contribution in [2.24, 2.45) is 5.92 Å². The van der Waals surface area contributed by atoms with E-state index < -0.39 is 0 Å². The van der Waals surface area contributed by atoms with Crippen LogP contribution in [-0.4, -0.2) is 26.8 Å². The lowest BCUT2D eigenvalue weighted by Crippen LogP contribution is -2.27. The molecule has 0 saturated heterocycles. The van der Waals surface area contributed by atoms with E-state index in [1.165, 1.54) is 5.56 Å². The van der Waals surface area contributed by atoms with Crippen LogP contribution in [0.25, 0.3) is 5.65 Å². The first-order chi connectivity index (χ1) is 10.8. The van der Waals surface area contributed by atoms with E-state index in [1.807, 2.05) is 6.07 Å². The Bertz CT molecular complexity index is 812. The minimum atomic E-state index is -0.157. The highest BCUT2D eigenvalue weighted by Crippen LogP contribution is 2.46. The molecule has 0 unspecified atom stereocenters. The molecule has 5 heteroatoms. The number of aromatic nitrogens is 3. The molecule has 1 N–H and O–H groups in total. The van der Waals surface area contributed by atoms with Crippen molar-refractivity contribution < 1.29 is 4.79 Å². The molecular formula is C17H16N4O. The van der Waals surface area contributed by atoms with Crippen LogP contribution in [0.1, 0.15) is 28.4 Å². The van der Waals surface area contributed by atoms with Crippen LogP contribution in [0.15, 0.2) is 55.1 Å². The van der Waals surface area contributed by atoms with Gasteiger partial charge in [-0.3, -0.25) is 4.79 Å². The molecule has 2 atom stereocenters. The topological polar surface area (TPSA) is 59.3 Å². The van der Waals surface area contributed by atoms with Crippen molar-refractivity contribution in [3.63, 3.8) is 0 Å². The molecule has 3 aromatic rings. The van der Waals surface area contributed by atoms with Gasteiger partial charge in [0.2, 0.25) is 0 Å². The summed E-state index contributed by atoms with van der Waals surface area (Å²) in [6, 6.07) is 10.5. The second kappa shape index (κ2) is 5.26. The Morgan fingerprint density at radius 1 is 1.18 bits per heavy atom. The minimum Gasteiger partial charge on any atom is -0.350 e. The molecule has 0 aliphatic heterocycles. The Morgan fingerprint density at radius 3 is 2.77 bits per heavy atom. The fraction of sp³-hybridized carbons (Fsp3) is 0.235. The summed E-state index contributed by atoms with van der Waals surface area (Å²) < 4.78 is 1.80. The van der Waals surface area contributed by atoms with Gasteiger partial charge in [-0.2, -0.15) is 0 Å². The van der Waals surface area contributed by atoms with Gasteiger partial charge in [-0.05, 0) is 23.8 Å². The van der Waals surface area contributed by atoms with Crippen molar-refractivity contribution in [3.8, 4) is 0 Å². The number of imidazole rings is 1. The molecule has 5 nitrogen and oxygen atoms in total. The maximum Gasteiger partial charge on any atom is 0.273 e. The van der Waals surface area contributed by atoms with Crippen LogP contribution < -0.4 is 5.32 Å². The lowest BCUT2D eigenvalue weighted by atomic mass is 10.1. The summed E-state index contributed by atoms with van der Waals surface area (Å²) in [4.78, 5) is 20.6. The standard InChI is InChI=1S/C17H16N4O/c22-17(15-16-19-7-9-21(16)8-6-18-15)20-11-13-10-14(13)12-4-2-1-3-5-12/h1-9,13-14H,10-11H2,(H,20,22)/t13-,14+/m1/s1. The molecule has 0 spiro atoms. The smallest absolute Gasteiger partial charge is 0.273 e. The van der Waals surface area contributed by atoms with E-state index in [9.17, 15) is 4.79 Å². The van der Waals surface area contributed by atoms with Crippen LogP contribution in [0.2, 0.25) is 0 Å². The molecule has 1 aromatic carbocycles. The van der Waals surface area contributed by atoms with Crippen molar-refractivity contribution in [2.75, 3.05) is 6.54 Å². The lowest BCUT2D eigenvalue weighted by Gasteiger charge is -2.05. The molecule has 1 aliphatic carbocycles. The SMILES string of the molecule is O=C(NC[C@H]1C[C@H]1c1ccccc1)c1nccn2ccnc12. The zero-order valence-corrected chi connectivity index (χ0v) is 12.0. The molecule has 1 fully saturated rings. The summed E-state index contributed by atoms with van der Waals surface area (Å²) in [7, 11) is 0. The number of benzene rings is 1. The first-order valence-electron chi connectivity index (χ1n) is 7.44. The number of carbonyl (C=O) groups excluding carboxylic acids is 1. The third-order valence-electron chi connectivity index (χ3n) is 4.20. The van der Waals surface area contributed by atoms with Crippen molar-refractivity contribution in [2.45, 2.75) is 12.3 Å². The molecular weight excluding hydrogens is 276 g/mol. The van der Waals surface area contributed by atoms with E-state index in [0.29, 0.717) is 29.7 Å². The molecule has 2 heterocycles. The highest BCUT2D eigenvalue weighted by atomic mass is 16.1. The Hall–Kier alpha value is -2.69. The van der Waals surface area contributed by atoms with Gasteiger partial charge in [0.05, 0.1) is 0 Å². The molecule has 0 radical (unpaired) electrons. The number of nitrogens with zero attached hydrogens (tertiary/aromatic N) is 3. The van der Waals surface area contributed by atoms with E-state index in [-0.39, 0.29) is 5.91 Å². The average molecular weight is 292 g/mol. The number of hydrogen-bond donors (Lipinski definition) is 1. The molecule has 1 saturated carbocycles. The first kappa shape index (κ1) is 13.0. The third-order valence-corrected chi connectivity index (χ3v) is 4.20. The molecule has 1 amide bonds. The molecule has 1 aliphatic rings. The average Bonchev–Trinajstić information content (AvgIpc) is 3.19. The van der Waals surface area contributed by atoms with Crippen molar-refractivity contribution in [3.05, 3.63) is 66.4 Å². The highest BCUT2D eigenvalue weighted by Gasteiger charge is 2.38. The van der Waals surface area contributed by atoms with E-state index >= 15 is 0 Å². The number of nitrogens with one attached hydrogen (secondary N) is 1. The van der Waals surface area contributed by atoms with Gasteiger partial charge < -0.3 is 9.72 Å². The fourth-order valence-electron chi connectivity index (χ4n) is 2.90. The van der Waals surface area contributed by atoms with Crippen LogP contribution in [0.3, 0.4) is 0 Å². The second-order valence-electron chi connectivity index (χ2n) is 5.66. The number of fused-ring (bicyclic) bond motifs is 1. The zero-order chi connectivity index (χ0) is 14.9. The largest absolute Gasteiger partial charge is 0.350 e. The molecule has 0 bridgehead atoms.